The Morgan fingerprint density at radius 2 is 1.96 bits per heavy atom. The molecule has 0 fully saturated rings. The van der Waals surface area contributed by atoms with E-state index in [1.54, 1.807) is 12.4 Å². The number of ether oxygens (including phenoxy) is 1. The molecule has 0 atom stereocenters. The molecular formula is C18H13Br2N3O2. The minimum Gasteiger partial charge on any atom is -0.480 e. The second-order valence-corrected chi connectivity index (χ2v) is 6.77. The lowest BCUT2D eigenvalue weighted by Gasteiger charge is -2.11. The fourth-order valence-electron chi connectivity index (χ4n) is 2.17. The monoisotopic (exact) mass is 461 g/mol. The highest BCUT2D eigenvalue weighted by Gasteiger charge is 2.13. The van der Waals surface area contributed by atoms with E-state index in [2.05, 4.69) is 47.4 Å². The molecule has 0 saturated heterocycles. The molecule has 0 unspecified atom stereocenters. The summed E-state index contributed by atoms with van der Waals surface area (Å²) >= 11 is 6.94. The summed E-state index contributed by atoms with van der Waals surface area (Å²) in [6, 6.07) is 15.1. The molecule has 0 spiro atoms. The summed E-state index contributed by atoms with van der Waals surface area (Å²) in [4.78, 5) is 16.3. The molecule has 1 amide bonds. The lowest BCUT2D eigenvalue weighted by Crippen LogP contribution is -2.24. The Hall–Kier alpha value is -2.25. The number of nitrogens with one attached hydrogen (secondary N) is 1. The number of fused-ring (bicyclic) bond motifs is 1. The van der Waals surface area contributed by atoms with Gasteiger partial charge in [0.25, 0.3) is 5.91 Å². The Bertz CT molecular complexity index is 930. The van der Waals surface area contributed by atoms with Crippen LogP contribution in [0.15, 0.2) is 68.8 Å². The van der Waals surface area contributed by atoms with Gasteiger partial charge in [0.1, 0.15) is 5.52 Å². The maximum Gasteiger partial charge on any atom is 0.277 e. The number of rotatable bonds is 5. The van der Waals surface area contributed by atoms with Gasteiger partial charge in [-0.15, -0.1) is 0 Å². The highest BCUT2D eigenvalue weighted by Crippen LogP contribution is 2.37. The molecule has 3 rings (SSSR count). The Balaban J connectivity index is 1.66. The smallest absolute Gasteiger partial charge is 0.277 e. The van der Waals surface area contributed by atoms with E-state index >= 15 is 0 Å². The summed E-state index contributed by atoms with van der Waals surface area (Å²) < 4.78 is 7.26. The Morgan fingerprint density at radius 1 is 1.16 bits per heavy atom. The molecule has 5 nitrogen and oxygen atoms in total. The van der Waals surface area contributed by atoms with Crippen molar-refractivity contribution in [3.8, 4) is 5.75 Å². The van der Waals surface area contributed by atoms with E-state index in [1.807, 2.05) is 48.5 Å². The summed E-state index contributed by atoms with van der Waals surface area (Å²) in [5.41, 5.74) is 4.01. The average Bonchev–Trinajstić information content (AvgIpc) is 2.62. The van der Waals surface area contributed by atoms with Gasteiger partial charge >= 0.3 is 0 Å². The number of hydrogen-bond acceptors (Lipinski definition) is 4. The maximum absolute atomic E-state index is 11.9. The van der Waals surface area contributed by atoms with Gasteiger partial charge in [0.2, 0.25) is 0 Å². The highest BCUT2D eigenvalue weighted by atomic mass is 79.9. The number of carbonyl (C=O) groups is 1. The second kappa shape index (κ2) is 8.22. The molecule has 2 aromatic carbocycles. The molecule has 0 aliphatic rings. The van der Waals surface area contributed by atoms with Crippen LogP contribution in [0.2, 0.25) is 0 Å². The predicted molar refractivity (Wildman–Crippen MR) is 105 cm³/mol. The number of amides is 1. The predicted octanol–water partition coefficient (Wildman–Crippen LogP) is 4.29. The largest absolute Gasteiger partial charge is 0.480 e. The van der Waals surface area contributed by atoms with Crippen LogP contribution in [0.25, 0.3) is 10.9 Å². The van der Waals surface area contributed by atoms with E-state index in [-0.39, 0.29) is 12.5 Å². The number of aromatic nitrogens is 1. The van der Waals surface area contributed by atoms with E-state index in [0.29, 0.717) is 15.7 Å². The Labute approximate surface area is 161 Å². The van der Waals surface area contributed by atoms with Crippen LogP contribution >= 0.6 is 31.9 Å². The molecule has 1 N–H and O–H groups in total. The second-order valence-electron chi connectivity index (χ2n) is 5.06. The summed E-state index contributed by atoms with van der Waals surface area (Å²) in [5.74, 6) is 0.159. The summed E-state index contributed by atoms with van der Waals surface area (Å²) in [5, 5.41) is 4.82. The highest BCUT2D eigenvalue weighted by molar-refractivity contribution is 9.11. The SMILES string of the molecule is O=C(COc1c(Br)cc(Br)c2cccnc12)N/N=C/c1ccccc1. The number of hydrazone groups is 1. The molecule has 3 aromatic rings. The normalized spacial score (nSPS) is 11.0. The number of halogens is 2. The first kappa shape index (κ1) is 17.6. The van der Waals surface area contributed by atoms with Crippen molar-refractivity contribution in [2.75, 3.05) is 6.61 Å². The molecule has 7 heteroatoms. The number of nitrogens with zero attached hydrogens (tertiary/aromatic N) is 2. The zero-order valence-electron chi connectivity index (χ0n) is 12.9. The minimum atomic E-state index is -0.355. The van der Waals surface area contributed by atoms with Gasteiger partial charge in [-0.25, -0.2) is 5.43 Å². The third kappa shape index (κ3) is 4.43. The topological polar surface area (TPSA) is 63.6 Å². The molecule has 0 radical (unpaired) electrons. The number of pyridine rings is 1. The molecular weight excluding hydrogens is 450 g/mol. The van der Waals surface area contributed by atoms with Crippen molar-refractivity contribution in [3.05, 3.63) is 69.2 Å². The van der Waals surface area contributed by atoms with Gasteiger partial charge in [-0.05, 0) is 33.6 Å². The summed E-state index contributed by atoms with van der Waals surface area (Å²) in [6.07, 6.45) is 3.25. The quantitative estimate of drug-likeness (QED) is 0.454. The van der Waals surface area contributed by atoms with Gasteiger partial charge in [0, 0.05) is 16.1 Å². The van der Waals surface area contributed by atoms with Gasteiger partial charge in [-0.3, -0.25) is 9.78 Å². The van der Waals surface area contributed by atoms with Crippen LogP contribution in [0.3, 0.4) is 0 Å². The van der Waals surface area contributed by atoms with E-state index in [4.69, 9.17) is 4.74 Å². The fraction of sp³-hybridized carbons (Fsp3) is 0.0556. The zero-order chi connectivity index (χ0) is 17.6. The van der Waals surface area contributed by atoms with E-state index in [1.165, 1.54) is 0 Å². The summed E-state index contributed by atoms with van der Waals surface area (Å²) in [6.45, 7) is -0.169. The van der Waals surface area contributed by atoms with E-state index < -0.39 is 0 Å². The third-order valence-electron chi connectivity index (χ3n) is 3.30. The minimum absolute atomic E-state index is 0.169. The first-order valence-electron chi connectivity index (χ1n) is 7.37. The average molecular weight is 463 g/mol. The fourth-order valence-corrected chi connectivity index (χ4v) is 3.56. The lowest BCUT2D eigenvalue weighted by molar-refractivity contribution is -0.123. The van der Waals surface area contributed by atoms with Crippen LogP contribution in [0.1, 0.15) is 5.56 Å². The van der Waals surface area contributed by atoms with Gasteiger partial charge in [-0.2, -0.15) is 5.10 Å². The standard InChI is InChI=1S/C18H13Br2N3O2/c19-14-9-15(20)18(17-13(14)7-4-8-21-17)25-11-16(24)23-22-10-12-5-2-1-3-6-12/h1-10H,11H2,(H,23,24)/b22-10+. The van der Waals surface area contributed by atoms with Crippen LogP contribution in [-0.4, -0.2) is 23.7 Å². The number of hydrogen-bond donors (Lipinski definition) is 1. The number of benzene rings is 2. The first-order chi connectivity index (χ1) is 12.1. The summed E-state index contributed by atoms with van der Waals surface area (Å²) in [7, 11) is 0. The third-order valence-corrected chi connectivity index (χ3v) is 4.55. The van der Waals surface area contributed by atoms with Crippen LogP contribution in [0, 0.1) is 0 Å². The van der Waals surface area contributed by atoms with Gasteiger partial charge in [0.15, 0.2) is 12.4 Å². The van der Waals surface area contributed by atoms with Crippen molar-refractivity contribution < 1.29 is 9.53 Å². The Morgan fingerprint density at radius 3 is 2.76 bits per heavy atom. The lowest BCUT2D eigenvalue weighted by atomic mass is 10.2. The number of carbonyl (C=O) groups excluding carboxylic acids is 1. The van der Waals surface area contributed by atoms with Crippen LogP contribution in [0.5, 0.6) is 5.75 Å². The van der Waals surface area contributed by atoms with Crippen molar-refractivity contribution in [1.82, 2.24) is 10.4 Å². The van der Waals surface area contributed by atoms with E-state index in [0.717, 1.165) is 15.4 Å². The molecule has 0 aliphatic carbocycles. The van der Waals surface area contributed by atoms with Crippen LogP contribution in [0.4, 0.5) is 0 Å². The molecule has 0 bridgehead atoms. The van der Waals surface area contributed by atoms with Gasteiger partial charge in [0.05, 0.1) is 10.7 Å². The molecule has 25 heavy (non-hydrogen) atoms. The molecule has 0 aliphatic heterocycles. The van der Waals surface area contributed by atoms with Crippen LogP contribution < -0.4 is 10.2 Å². The van der Waals surface area contributed by atoms with Crippen molar-refractivity contribution in [2.45, 2.75) is 0 Å². The van der Waals surface area contributed by atoms with Gasteiger partial charge < -0.3 is 4.74 Å². The van der Waals surface area contributed by atoms with Crippen molar-refractivity contribution in [2.24, 2.45) is 5.10 Å². The molecule has 0 saturated carbocycles. The van der Waals surface area contributed by atoms with Crippen molar-refractivity contribution in [3.63, 3.8) is 0 Å². The van der Waals surface area contributed by atoms with E-state index in [9.17, 15) is 4.79 Å². The molecule has 1 aromatic heterocycles. The Kier molecular flexibility index (Phi) is 5.78. The zero-order valence-corrected chi connectivity index (χ0v) is 16.1. The van der Waals surface area contributed by atoms with Crippen LogP contribution in [-0.2, 0) is 4.79 Å². The maximum atomic E-state index is 11.9. The molecule has 126 valence electrons. The van der Waals surface area contributed by atoms with Crippen molar-refractivity contribution in [1.29, 1.82) is 0 Å². The first-order valence-corrected chi connectivity index (χ1v) is 8.96. The molecule has 1 heterocycles. The van der Waals surface area contributed by atoms with Gasteiger partial charge in [-0.1, -0.05) is 52.3 Å². The van der Waals surface area contributed by atoms with Crippen molar-refractivity contribution >= 4 is 54.9 Å².